The number of nitrogens with zero attached hydrogens (tertiary/aromatic N) is 2. The van der Waals surface area contributed by atoms with Crippen molar-refractivity contribution in [3.05, 3.63) is 88.1 Å². The number of alkyl carbamates (subject to hydrolysis) is 1. The van der Waals surface area contributed by atoms with E-state index in [0.717, 1.165) is 16.0 Å². The van der Waals surface area contributed by atoms with Gasteiger partial charge in [0.15, 0.2) is 0 Å². The van der Waals surface area contributed by atoms with E-state index in [2.05, 4.69) is 5.32 Å². The van der Waals surface area contributed by atoms with Crippen molar-refractivity contribution in [2.45, 2.75) is 71.3 Å². The van der Waals surface area contributed by atoms with Crippen molar-refractivity contribution in [1.29, 1.82) is 0 Å². The highest BCUT2D eigenvalue weighted by atomic mass is 32.1. The lowest BCUT2D eigenvalue weighted by atomic mass is 9.98. The van der Waals surface area contributed by atoms with Crippen molar-refractivity contribution < 1.29 is 24.2 Å². The van der Waals surface area contributed by atoms with Crippen molar-refractivity contribution in [2.75, 3.05) is 12.3 Å². The summed E-state index contributed by atoms with van der Waals surface area (Å²) in [6.07, 6.45) is -0.267. The van der Waals surface area contributed by atoms with Gasteiger partial charge in [-0.1, -0.05) is 48.5 Å². The maximum atomic E-state index is 14.1. The van der Waals surface area contributed by atoms with Crippen LogP contribution < -0.4 is 11.1 Å². The van der Waals surface area contributed by atoms with Gasteiger partial charge < -0.3 is 25.8 Å². The van der Waals surface area contributed by atoms with Crippen LogP contribution >= 0.6 is 11.3 Å². The third-order valence-corrected chi connectivity index (χ3v) is 7.36. The minimum absolute atomic E-state index is 0.177. The fraction of sp³-hybridized carbons (Fsp3) is 0.387. The monoisotopic (exact) mass is 580 g/mol. The SMILES string of the molecule is CC(C)(C)N(C(=O)O)C(CCCCNC(=O)OCc1ccccc1)C(=O)N(Cc1ccc(N)cc1)Cc1cccs1. The number of thiophene rings is 1. The first-order valence-electron chi connectivity index (χ1n) is 13.7. The predicted molar refractivity (Wildman–Crippen MR) is 161 cm³/mol. The first-order chi connectivity index (χ1) is 19.5. The quantitative estimate of drug-likeness (QED) is 0.166. The highest BCUT2D eigenvalue weighted by Gasteiger charge is 2.39. The van der Waals surface area contributed by atoms with Gasteiger partial charge in [0, 0.05) is 29.2 Å². The molecule has 2 aromatic carbocycles. The van der Waals surface area contributed by atoms with Crippen LogP contribution in [-0.2, 0) is 29.2 Å². The van der Waals surface area contributed by atoms with Crippen LogP contribution in [0.25, 0.3) is 0 Å². The van der Waals surface area contributed by atoms with Crippen LogP contribution in [0.1, 0.15) is 56.0 Å². The van der Waals surface area contributed by atoms with Gasteiger partial charge in [-0.3, -0.25) is 9.69 Å². The molecule has 220 valence electrons. The van der Waals surface area contributed by atoms with Gasteiger partial charge in [-0.15, -0.1) is 11.3 Å². The van der Waals surface area contributed by atoms with Crippen LogP contribution in [0.2, 0.25) is 0 Å². The van der Waals surface area contributed by atoms with E-state index in [1.807, 2.05) is 60.0 Å². The Morgan fingerprint density at radius 1 is 0.951 bits per heavy atom. The minimum Gasteiger partial charge on any atom is -0.465 e. The van der Waals surface area contributed by atoms with Gasteiger partial charge in [-0.2, -0.15) is 0 Å². The Hall–Kier alpha value is -4.05. The van der Waals surface area contributed by atoms with E-state index in [1.54, 1.807) is 49.1 Å². The Morgan fingerprint density at radius 2 is 1.66 bits per heavy atom. The van der Waals surface area contributed by atoms with Crippen LogP contribution in [0.15, 0.2) is 72.1 Å². The molecule has 41 heavy (non-hydrogen) atoms. The Balaban J connectivity index is 1.68. The normalized spacial score (nSPS) is 11.9. The highest BCUT2D eigenvalue weighted by molar-refractivity contribution is 7.09. The van der Waals surface area contributed by atoms with Crippen molar-refractivity contribution in [1.82, 2.24) is 15.1 Å². The zero-order chi connectivity index (χ0) is 29.8. The summed E-state index contributed by atoms with van der Waals surface area (Å²) in [5, 5.41) is 14.9. The van der Waals surface area contributed by atoms with E-state index in [0.29, 0.717) is 44.6 Å². The molecule has 1 aromatic heterocycles. The number of benzene rings is 2. The van der Waals surface area contributed by atoms with Gasteiger partial charge in [0.2, 0.25) is 5.91 Å². The summed E-state index contributed by atoms with van der Waals surface area (Å²) in [5.41, 5.74) is 7.47. The molecule has 0 saturated carbocycles. The molecule has 0 aliphatic heterocycles. The third kappa shape index (κ3) is 10.1. The number of carbonyl (C=O) groups excluding carboxylic acids is 2. The second-order valence-corrected chi connectivity index (χ2v) is 11.9. The summed E-state index contributed by atoms with van der Waals surface area (Å²) >= 11 is 1.55. The van der Waals surface area contributed by atoms with Crippen LogP contribution in [0.3, 0.4) is 0 Å². The molecule has 3 aromatic rings. The van der Waals surface area contributed by atoms with Gasteiger partial charge in [0.05, 0.1) is 6.54 Å². The molecule has 0 saturated heterocycles. The number of nitrogens with two attached hydrogens (primary N) is 1. The second-order valence-electron chi connectivity index (χ2n) is 10.8. The largest absolute Gasteiger partial charge is 0.465 e. The molecule has 1 unspecified atom stereocenters. The van der Waals surface area contributed by atoms with Gasteiger partial charge in [0.1, 0.15) is 12.6 Å². The molecule has 4 N–H and O–H groups in total. The van der Waals surface area contributed by atoms with Crippen molar-refractivity contribution in [2.24, 2.45) is 0 Å². The number of carbonyl (C=O) groups is 3. The Kier molecular flexibility index (Phi) is 11.6. The third-order valence-electron chi connectivity index (χ3n) is 6.50. The van der Waals surface area contributed by atoms with Crippen LogP contribution in [-0.4, -0.2) is 51.1 Å². The van der Waals surface area contributed by atoms with Crippen LogP contribution in [0, 0.1) is 0 Å². The number of unbranched alkanes of at least 4 members (excludes halogenated alkanes) is 1. The summed E-state index contributed by atoms with van der Waals surface area (Å²) < 4.78 is 5.25. The van der Waals surface area contributed by atoms with Gasteiger partial charge in [-0.05, 0) is 74.7 Å². The fourth-order valence-corrected chi connectivity index (χ4v) is 5.25. The Bertz CT molecular complexity index is 1240. The standard InChI is InChI=1S/C31H40N4O5S/c1-31(2,3)35(30(38)39)27(13-7-8-18-33-29(37)40-22-24-10-5-4-6-11-24)28(36)34(21-26-12-9-19-41-26)20-23-14-16-25(32)17-15-23/h4-6,9-12,14-17,19,27H,7-8,13,18,20-22,32H2,1-3H3,(H,33,37)(H,38,39). The average molecular weight is 581 g/mol. The maximum Gasteiger partial charge on any atom is 0.408 e. The average Bonchev–Trinajstić information content (AvgIpc) is 3.44. The number of carboxylic acid groups (broad SMARTS) is 1. The molecule has 3 amide bonds. The van der Waals surface area contributed by atoms with Crippen molar-refractivity contribution in [3.63, 3.8) is 0 Å². The van der Waals surface area contributed by atoms with Gasteiger partial charge in [0.25, 0.3) is 0 Å². The van der Waals surface area contributed by atoms with Crippen LogP contribution in [0.4, 0.5) is 15.3 Å². The number of nitrogens with one attached hydrogen (secondary N) is 1. The first-order valence-corrected chi connectivity index (χ1v) is 14.5. The summed E-state index contributed by atoms with van der Waals surface area (Å²) in [7, 11) is 0. The molecule has 1 heterocycles. The molecular weight excluding hydrogens is 540 g/mol. The summed E-state index contributed by atoms with van der Waals surface area (Å²) in [6.45, 7) is 6.57. The smallest absolute Gasteiger partial charge is 0.408 e. The molecule has 0 bridgehead atoms. The van der Waals surface area contributed by atoms with Crippen LogP contribution in [0.5, 0.6) is 0 Å². The number of nitrogen functional groups attached to an aromatic ring is 1. The summed E-state index contributed by atoms with van der Waals surface area (Å²) in [6, 6.07) is 19.7. The number of rotatable bonds is 13. The highest BCUT2D eigenvalue weighted by Crippen LogP contribution is 2.25. The Morgan fingerprint density at radius 3 is 2.27 bits per heavy atom. The number of hydrogen-bond donors (Lipinski definition) is 3. The first kappa shape index (κ1) is 31.5. The molecule has 3 rings (SSSR count). The lowest BCUT2D eigenvalue weighted by Crippen LogP contribution is -2.57. The number of amides is 3. The molecule has 9 nitrogen and oxygen atoms in total. The molecule has 0 spiro atoms. The van der Waals surface area contributed by atoms with Gasteiger partial charge in [-0.25, -0.2) is 9.59 Å². The van der Waals surface area contributed by atoms with Crippen molar-refractivity contribution >= 4 is 35.1 Å². The predicted octanol–water partition coefficient (Wildman–Crippen LogP) is 6.10. The van der Waals surface area contributed by atoms with E-state index in [-0.39, 0.29) is 12.5 Å². The van der Waals surface area contributed by atoms with E-state index < -0.39 is 23.8 Å². The second kappa shape index (κ2) is 15.1. The van der Waals surface area contributed by atoms with Gasteiger partial charge >= 0.3 is 12.2 Å². The topological polar surface area (TPSA) is 125 Å². The zero-order valence-corrected chi connectivity index (χ0v) is 24.7. The molecular formula is C31H40N4O5S. The van der Waals surface area contributed by atoms with E-state index in [9.17, 15) is 19.5 Å². The Labute approximate surface area is 245 Å². The molecule has 0 aliphatic carbocycles. The minimum atomic E-state index is -1.15. The lowest BCUT2D eigenvalue weighted by Gasteiger charge is -2.41. The number of hydrogen-bond acceptors (Lipinski definition) is 6. The number of ether oxygens (including phenoxy) is 1. The fourth-order valence-electron chi connectivity index (χ4n) is 4.53. The molecule has 0 radical (unpaired) electrons. The van der Waals surface area contributed by atoms with E-state index in [1.165, 1.54) is 4.90 Å². The van der Waals surface area contributed by atoms with E-state index >= 15 is 0 Å². The molecule has 0 aliphatic rings. The molecule has 1 atom stereocenters. The maximum absolute atomic E-state index is 14.1. The summed E-state index contributed by atoms with van der Waals surface area (Å²) in [5.74, 6) is -0.261. The molecule has 10 heteroatoms. The lowest BCUT2D eigenvalue weighted by molar-refractivity contribution is -0.139. The zero-order valence-electron chi connectivity index (χ0n) is 23.9. The van der Waals surface area contributed by atoms with E-state index in [4.69, 9.17) is 10.5 Å². The summed E-state index contributed by atoms with van der Waals surface area (Å²) in [4.78, 5) is 42.7. The van der Waals surface area contributed by atoms with Crippen molar-refractivity contribution in [3.8, 4) is 0 Å². The number of anilines is 1. The molecule has 0 fully saturated rings.